The molecule has 0 spiro atoms. The molecule has 3 rings (SSSR count). The highest BCUT2D eigenvalue weighted by atomic mass is 32.1. The molecule has 150 valence electrons. The monoisotopic (exact) mass is 430 g/mol. The quantitative estimate of drug-likeness (QED) is 0.286. The smallest absolute Gasteiger partial charge is 0.429 e. The lowest BCUT2D eigenvalue weighted by Crippen LogP contribution is -2.21. The van der Waals surface area contributed by atoms with Crippen LogP contribution in [0.2, 0.25) is 0 Å². The zero-order valence-corrected chi connectivity index (χ0v) is 15.0. The Labute approximate surface area is 165 Å². The first-order chi connectivity index (χ1) is 13.5. The molecule has 0 saturated heterocycles. The summed E-state index contributed by atoms with van der Waals surface area (Å²) >= 11 is 4.00. The van der Waals surface area contributed by atoms with Crippen LogP contribution >= 0.6 is 12.6 Å². The fourth-order valence-electron chi connectivity index (χ4n) is 2.48. The molecule has 0 aliphatic carbocycles. The lowest BCUT2D eigenvalue weighted by atomic mass is 10.0. The Bertz CT molecular complexity index is 1130. The van der Waals surface area contributed by atoms with Crippen molar-refractivity contribution in [1.29, 1.82) is 0 Å². The number of ether oxygens (including phenoxy) is 1. The van der Waals surface area contributed by atoms with Crippen molar-refractivity contribution in [2.75, 3.05) is 0 Å². The van der Waals surface area contributed by atoms with Gasteiger partial charge in [-0.1, -0.05) is 5.92 Å². The van der Waals surface area contributed by atoms with Crippen molar-refractivity contribution in [2.24, 2.45) is 0 Å². The highest BCUT2D eigenvalue weighted by molar-refractivity contribution is 7.80. The van der Waals surface area contributed by atoms with E-state index in [1.165, 1.54) is 18.1 Å². The predicted octanol–water partition coefficient (Wildman–Crippen LogP) is 6.45. The van der Waals surface area contributed by atoms with Gasteiger partial charge in [-0.15, -0.1) is 12.6 Å². The largest absolute Gasteiger partial charge is 0.458 e. The Balaban J connectivity index is 1.98. The summed E-state index contributed by atoms with van der Waals surface area (Å²) in [4.78, 5) is 0.464. The van der Waals surface area contributed by atoms with Crippen molar-refractivity contribution in [3.05, 3.63) is 71.3 Å². The lowest BCUT2D eigenvalue weighted by molar-refractivity contribution is -0.185. The summed E-state index contributed by atoms with van der Waals surface area (Å²) in [7, 11) is 0. The molecule has 0 heterocycles. The van der Waals surface area contributed by atoms with Gasteiger partial charge in [0.05, 0.1) is 11.1 Å². The molecule has 0 saturated carbocycles. The minimum atomic E-state index is -4.93. The lowest BCUT2D eigenvalue weighted by Gasteiger charge is -2.19. The molecule has 1 nitrogen and oxygen atoms in total. The van der Waals surface area contributed by atoms with Gasteiger partial charge in [-0.25, -0.2) is 8.78 Å². The van der Waals surface area contributed by atoms with Gasteiger partial charge in [-0.2, -0.15) is 22.0 Å². The van der Waals surface area contributed by atoms with E-state index in [0.717, 1.165) is 36.3 Å². The zero-order chi connectivity index (χ0) is 21.4. The minimum absolute atomic E-state index is 0.184. The first-order valence-corrected chi connectivity index (χ1v) is 8.29. The molecule has 0 unspecified atom stereocenters. The van der Waals surface area contributed by atoms with Crippen LogP contribution in [-0.2, 0) is 6.11 Å². The van der Waals surface area contributed by atoms with Gasteiger partial charge < -0.3 is 4.74 Å². The number of rotatable bonds is 3. The Morgan fingerprint density at radius 2 is 1.52 bits per heavy atom. The molecule has 0 aliphatic heterocycles. The van der Waals surface area contributed by atoms with Crippen LogP contribution in [0.3, 0.4) is 0 Å². The van der Waals surface area contributed by atoms with Crippen LogP contribution in [0.25, 0.3) is 10.8 Å². The molecule has 0 radical (unpaired) electrons. The third kappa shape index (κ3) is 4.77. The van der Waals surface area contributed by atoms with Crippen LogP contribution in [0.4, 0.5) is 30.7 Å². The summed E-state index contributed by atoms with van der Waals surface area (Å²) in [6.45, 7) is 0. The van der Waals surface area contributed by atoms with Crippen LogP contribution in [0, 0.1) is 23.5 Å². The van der Waals surface area contributed by atoms with E-state index in [4.69, 9.17) is 0 Å². The van der Waals surface area contributed by atoms with Crippen molar-refractivity contribution >= 4 is 23.4 Å². The summed E-state index contributed by atoms with van der Waals surface area (Å²) in [6, 6.07) is 8.51. The highest BCUT2D eigenvalue weighted by Crippen LogP contribution is 2.34. The molecule has 0 N–H and O–H groups in total. The fourth-order valence-corrected chi connectivity index (χ4v) is 2.63. The first kappa shape index (κ1) is 20.9. The second kappa shape index (κ2) is 7.52. The highest BCUT2D eigenvalue weighted by Gasteiger charge is 2.34. The van der Waals surface area contributed by atoms with Crippen LogP contribution in [0.5, 0.6) is 5.75 Å². The molecular weight excluding hydrogens is 421 g/mol. The third-order valence-electron chi connectivity index (χ3n) is 3.78. The second-order valence-electron chi connectivity index (χ2n) is 5.84. The van der Waals surface area contributed by atoms with E-state index >= 15 is 0 Å². The van der Waals surface area contributed by atoms with Crippen molar-refractivity contribution in [3.63, 3.8) is 0 Å². The first-order valence-electron chi connectivity index (χ1n) is 7.84. The summed E-state index contributed by atoms with van der Waals surface area (Å²) in [5, 5.41) is -0.482. The zero-order valence-electron chi connectivity index (χ0n) is 14.1. The Morgan fingerprint density at radius 3 is 2.14 bits per heavy atom. The maximum Gasteiger partial charge on any atom is 0.458 e. The fraction of sp³-hybridized carbons (Fsp3) is 0.100. The average Bonchev–Trinajstić information content (AvgIpc) is 2.60. The van der Waals surface area contributed by atoms with Gasteiger partial charge in [0.2, 0.25) is 0 Å². The van der Waals surface area contributed by atoms with Crippen molar-refractivity contribution in [2.45, 2.75) is 17.2 Å². The van der Waals surface area contributed by atoms with Gasteiger partial charge in [0.15, 0.2) is 0 Å². The van der Waals surface area contributed by atoms with E-state index in [0.29, 0.717) is 11.0 Å². The van der Waals surface area contributed by atoms with E-state index in [1.807, 2.05) is 0 Å². The standard InChI is InChI=1S/C20H9F7OS/c21-17-10-11-9-13(28-20(26,27)12-1-4-14(29)5-2-12)3-6-15(11)18(22)16(17)7-8-19(23,24)25/h1-6,9-10,29H. The summed E-state index contributed by atoms with van der Waals surface area (Å²) in [5.41, 5.74) is -1.54. The molecule has 3 aromatic rings. The van der Waals surface area contributed by atoms with Crippen LogP contribution in [0.1, 0.15) is 11.1 Å². The molecule has 29 heavy (non-hydrogen) atoms. The van der Waals surface area contributed by atoms with Gasteiger partial charge in [-0.05, 0) is 53.9 Å². The Morgan fingerprint density at radius 1 is 0.862 bits per heavy atom. The number of hydrogen-bond donors (Lipinski definition) is 1. The SMILES string of the molecule is Fc1cc2cc(OC(F)(F)c3ccc(S)cc3)ccc2c(F)c1C#CC(F)(F)F. The van der Waals surface area contributed by atoms with Crippen molar-refractivity contribution in [1.82, 2.24) is 0 Å². The molecule has 3 aromatic carbocycles. The van der Waals surface area contributed by atoms with Crippen molar-refractivity contribution < 1.29 is 35.5 Å². The minimum Gasteiger partial charge on any atom is -0.429 e. The second-order valence-corrected chi connectivity index (χ2v) is 6.36. The summed E-state index contributed by atoms with van der Waals surface area (Å²) < 4.78 is 98.2. The molecule has 0 aromatic heterocycles. The van der Waals surface area contributed by atoms with Gasteiger partial charge in [0.1, 0.15) is 17.4 Å². The average molecular weight is 430 g/mol. The molecule has 0 atom stereocenters. The normalized spacial score (nSPS) is 11.9. The van der Waals surface area contributed by atoms with Gasteiger partial charge in [-0.3, -0.25) is 0 Å². The number of alkyl halides is 5. The Hall–Kier alpha value is -2.86. The maximum absolute atomic E-state index is 14.4. The molecule has 0 fully saturated rings. The van der Waals surface area contributed by atoms with E-state index in [2.05, 4.69) is 17.4 Å². The molecule has 0 bridgehead atoms. The molecular formula is C20H9F7OS. The van der Waals surface area contributed by atoms with E-state index < -0.39 is 40.8 Å². The number of thiol groups is 1. The molecule has 0 aliphatic rings. The summed E-state index contributed by atoms with van der Waals surface area (Å²) in [6.07, 6.45) is -8.67. The third-order valence-corrected chi connectivity index (χ3v) is 4.08. The topological polar surface area (TPSA) is 9.23 Å². The number of benzene rings is 3. The maximum atomic E-state index is 14.4. The van der Waals surface area contributed by atoms with Crippen LogP contribution in [-0.4, -0.2) is 6.18 Å². The number of fused-ring (bicyclic) bond motifs is 1. The Kier molecular flexibility index (Phi) is 5.41. The van der Waals surface area contributed by atoms with Gasteiger partial charge in [0.25, 0.3) is 0 Å². The number of halogens is 7. The molecule has 0 amide bonds. The van der Waals surface area contributed by atoms with Gasteiger partial charge >= 0.3 is 12.3 Å². The van der Waals surface area contributed by atoms with Gasteiger partial charge in [0, 0.05) is 16.2 Å². The van der Waals surface area contributed by atoms with E-state index in [9.17, 15) is 30.7 Å². The molecule has 9 heteroatoms. The summed E-state index contributed by atoms with van der Waals surface area (Å²) in [5.74, 6) is -0.893. The number of hydrogen-bond acceptors (Lipinski definition) is 2. The van der Waals surface area contributed by atoms with E-state index in [-0.39, 0.29) is 10.8 Å². The predicted molar refractivity (Wildman–Crippen MR) is 95.0 cm³/mol. The van der Waals surface area contributed by atoms with E-state index in [1.54, 1.807) is 0 Å². The van der Waals surface area contributed by atoms with Crippen LogP contribution in [0.15, 0.2) is 53.4 Å². The van der Waals surface area contributed by atoms with Crippen molar-refractivity contribution in [3.8, 4) is 17.6 Å². The van der Waals surface area contributed by atoms with Crippen LogP contribution < -0.4 is 4.74 Å².